The van der Waals surface area contributed by atoms with Crippen molar-refractivity contribution in [2.45, 2.75) is 68.7 Å². The molecule has 5 fully saturated rings. The zero-order valence-corrected chi connectivity index (χ0v) is 24.5. The lowest BCUT2D eigenvalue weighted by Crippen LogP contribution is -2.54. The number of ether oxygens (including phenoxy) is 1. The number of likely N-dealkylation sites (tertiary alicyclic amines) is 1. The highest BCUT2D eigenvalue weighted by Crippen LogP contribution is 2.49. The van der Waals surface area contributed by atoms with E-state index in [4.69, 9.17) is 26.3 Å². The highest BCUT2D eigenvalue weighted by molar-refractivity contribution is 6.35. The summed E-state index contributed by atoms with van der Waals surface area (Å²) in [4.78, 5) is 14.5. The van der Waals surface area contributed by atoms with Gasteiger partial charge >= 0.3 is 6.01 Å². The topological polar surface area (TPSA) is 73.8 Å². The van der Waals surface area contributed by atoms with E-state index in [1.165, 1.54) is 0 Å². The third-order valence-electron chi connectivity index (χ3n) is 9.99. The van der Waals surface area contributed by atoms with E-state index in [0.29, 0.717) is 28.9 Å². The number of hydrogen-bond donors (Lipinski definition) is 2. The van der Waals surface area contributed by atoms with Gasteiger partial charge in [0, 0.05) is 42.2 Å². The van der Waals surface area contributed by atoms with Crippen LogP contribution in [-0.4, -0.2) is 70.4 Å². The third-order valence-corrected chi connectivity index (χ3v) is 10.3. The molecule has 3 aromatic carbocycles. The van der Waals surface area contributed by atoms with Crippen molar-refractivity contribution in [1.82, 2.24) is 20.2 Å². The quantitative estimate of drug-likeness (QED) is 0.284. The van der Waals surface area contributed by atoms with Crippen LogP contribution in [0.15, 0.2) is 42.5 Å². The van der Waals surface area contributed by atoms with E-state index in [2.05, 4.69) is 22.2 Å². The van der Waals surface area contributed by atoms with Crippen LogP contribution in [0.1, 0.15) is 44.9 Å². The summed E-state index contributed by atoms with van der Waals surface area (Å²) in [7, 11) is 2.16. The predicted octanol–water partition coefficient (Wildman–Crippen LogP) is 6.28. The largest absolute Gasteiger partial charge is 0.508 e. The summed E-state index contributed by atoms with van der Waals surface area (Å²) in [5.74, 6) is 0.218. The number of aromatic hydroxyl groups is 1. The molecule has 0 radical (unpaired) electrons. The minimum absolute atomic E-state index is 0.0520. The lowest BCUT2D eigenvalue weighted by molar-refractivity contribution is 0.0765. The van der Waals surface area contributed by atoms with Gasteiger partial charge in [0.15, 0.2) is 5.82 Å². The number of hydrogen-bond acceptors (Lipinski definition) is 7. The second-order valence-corrected chi connectivity index (χ2v) is 13.0. The van der Waals surface area contributed by atoms with Gasteiger partial charge in [-0.3, -0.25) is 4.90 Å². The zero-order chi connectivity index (χ0) is 28.6. The summed E-state index contributed by atoms with van der Waals surface area (Å²) in [6, 6.07) is 13.8. The van der Waals surface area contributed by atoms with Gasteiger partial charge in [0.05, 0.1) is 5.02 Å². The maximum atomic E-state index is 16.9. The molecule has 1 aliphatic carbocycles. The van der Waals surface area contributed by atoms with Crippen LogP contribution < -0.4 is 15.0 Å². The predicted molar refractivity (Wildman–Crippen MR) is 164 cm³/mol. The highest BCUT2D eigenvalue weighted by Gasteiger charge is 2.55. The molecule has 1 aromatic heterocycles. The van der Waals surface area contributed by atoms with Crippen molar-refractivity contribution in [2.24, 2.45) is 0 Å². The molecule has 9 heteroatoms. The van der Waals surface area contributed by atoms with E-state index in [-0.39, 0.29) is 39.5 Å². The monoisotopic (exact) mass is 587 g/mol. The van der Waals surface area contributed by atoms with Crippen LogP contribution in [0.4, 0.5) is 10.2 Å². The Balaban J connectivity index is 1.33. The van der Waals surface area contributed by atoms with Gasteiger partial charge < -0.3 is 20.1 Å². The Hall–Kier alpha value is -3.20. The Morgan fingerprint density at radius 3 is 2.74 bits per heavy atom. The van der Waals surface area contributed by atoms with Crippen molar-refractivity contribution in [1.29, 1.82) is 0 Å². The van der Waals surface area contributed by atoms with Gasteiger partial charge in [-0.2, -0.15) is 9.97 Å². The molecule has 4 saturated heterocycles. The minimum Gasteiger partial charge on any atom is -0.508 e. The first kappa shape index (κ1) is 26.4. The number of likely N-dealkylation sites (N-methyl/N-ethyl adjacent to an activating group) is 1. The summed E-state index contributed by atoms with van der Waals surface area (Å²) in [6.45, 7) is 2.72. The SMILES string of the molecule is CN1CCC[C@H]1C1(Oc2nc(N3CC4CCCC3CN4)c3cc(Cl)c(-c4cc(O)cc5ccccc45)c(F)c3n2)CC1. The van der Waals surface area contributed by atoms with Gasteiger partial charge in [-0.05, 0) is 93.1 Å². The van der Waals surface area contributed by atoms with Crippen LogP contribution in [0.5, 0.6) is 11.8 Å². The number of nitrogens with zero attached hydrogens (tertiary/aromatic N) is 4. The number of piperazine rings is 1. The lowest BCUT2D eigenvalue weighted by Gasteiger charge is -2.39. The summed E-state index contributed by atoms with van der Waals surface area (Å²) in [5.41, 5.74) is 0.623. The number of nitrogens with one attached hydrogen (secondary N) is 1. The maximum absolute atomic E-state index is 16.9. The summed E-state index contributed by atoms with van der Waals surface area (Å²) in [5, 5.41) is 16.7. The summed E-state index contributed by atoms with van der Waals surface area (Å²) >= 11 is 6.93. The number of halogens is 2. The molecule has 4 aromatic rings. The average molecular weight is 588 g/mol. The molecule has 0 spiro atoms. The number of phenolic OH excluding ortho intramolecular Hbond substituents is 1. The first-order chi connectivity index (χ1) is 20.4. The van der Waals surface area contributed by atoms with Crippen LogP contribution in [0.3, 0.4) is 0 Å². The fourth-order valence-corrected chi connectivity index (χ4v) is 8.02. The number of anilines is 1. The third kappa shape index (κ3) is 4.29. The molecule has 7 nitrogen and oxygen atoms in total. The molecule has 3 atom stereocenters. The van der Waals surface area contributed by atoms with Gasteiger partial charge in [0.25, 0.3) is 0 Å². The lowest BCUT2D eigenvalue weighted by atomic mass is 9.96. The minimum atomic E-state index is -0.525. The number of aromatic nitrogens is 2. The number of rotatable bonds is 5. The van der Waals surface area contributed by atoms with Gasteiger partial charge in [-0.15, -0.1) is 0 Å². The first-order valence-electron chi connectivity index (χ1n) is 15.2. The number of phenols is 1. The molecular formula is C33H35ClFN5O2. The molecule has 2 unspecified atom stereocenters. The standard InChI is InChI=1S/C33H35ClFN5O2/c1-39-13-5-10-27(39)33(11-12-33)42-32-37-30-25(31(38-32)40-18-20-7-4-8-21(40)17-36-20)16-26(34)28(29(30)35)24-15-22(41)14-19-6-2-3-9-23(19)24/h2-3,6,9,14-16,20-21,27,36,41H,4-5,7-8,10-13,17-18H2,1H3/t20?,21?,27-/m0/s1. The molecule has 9 rings (SSSR count). The molecule has 2 bridgehead atoms. The van der Waals surface area contributed by atoms with Crippen molar-refractivity contribution < 1.29 is 14.2 Å². The van der Waals surface area contributed by atoms with E-state index >= 15 is 4.39 Å². The van der Waals surface area contributed by atoms with Crippen molar-refractivity contribution in [3.05, 3.63) is 53.3 Å². The average Bonchev–Trinajstić information content (AvgIpc) is 3.72. The van der Waals surface area contributed by atoms with Crippen LogP contribution >= 0.6 is 11.6 Å². The van der Waals surface area contributed by atoms with E-state index in [9.17, 15) is 5.11 Å². The Morgan fingerprint density at radius 2 is 1.93 bits per heavy atom. The molecule has 0 amide bonds. The van der Waals surface area contributed by atoms with Gasteiger partial charge in [0.2, 0.25) is 0 Å². The van der Waals surface area contributed by atoms with Crippen molar-refractivity contribution in [2.75, 3.05) is 31.6 Å². The molecule has 5 aliphatic rings. The van der Waals surface area contributed by atoms with E-state index in [1.54, 1.807) is 18.2 Å². The number of benzene rings is 3. The zero-order valence-electron chi connectivity index (χ0n) is 23.7. The fraction of sp³-hybridized carbons (Fsp3) is 0.455. The normalized spacial score (nSPS) is 25.3. The van der Waals surface area contributed by atoms with Crippen LogP contribution in [0.2, 0.25) is 5.02 Å². The van der Waals surface area contributed by atoms with E-state index in [1.807, 2.05) is 24.3 Å². The number of fused-ring (bicyclic) bond motifs is 6. The molecule has 42 heavy (non-hydrogen) atoms. The molecule has 218 valence electrons. The smallest absolute Gasteiger partial charge is 0.319 e. The molecular weight excluding hydrogens is 553 g/mol. The second kappa shape index (κ2) is 9.93. The van der Waals surface area contributed by atoms with E-state index in [0.717, 1.165) is 75.4 Å². The Bertz CT molecular complexity index is 1710. The van der Waals surface area contributed by atoms with Gasteiger partial charge in [-0.1, -0.05) is 35.9 Å². The van der Waals surface area contributed by atoms with Crippen LogP contribution in [0.25, 0.3) is 32.8 Å². The summed E-state index contributed by atoms with van der Waals surface area (Å²) in [6.07, 6.45) is 7.42. The van der Waals surface area contributed by atoms with E-state index < -0.39 is 5.82 Å². The maximum Gasteiger partial charge on any atom is 0.319 e. The second-order valence-electron chi connectivity index (χ2n) is 12.6. The molecule has 4 aliphatic heterocycles. The van der Waals surface area contributed by atoms with Crippen LogP contribution in [-0.2, 0) is 0 Å². The van der Waals surface area contributed by atoms with Crippen LogP contribution in [0, 0.1) is 5.82 Å². The Labute approximate surface area is 249 Å². The Kier molecular flexibility index (Phi) is 6.25. The highest BCUT2D eigenvalue weighted by atomic mass is 35.5. The van der Waals surface area contributed by atoms with Crippen molar-refractivity contribution >= 4 is 39.1 Å². The van der Waals surface area contributed by atoms with Crippen molar-refractivity contribution in [3.8, 4) is 22.9 Å². The first-order valence-corrected chi connectivity index (χ1v) is 15.6. The molecule has 5 heterocycles. The van der Waals surface area contributed by atoms with Gasteiger partial charge in [0.1, 0.15) is 22.7 Å². The molecule has 2 N–H and O–H groups in total. The molecule has 1 saturated carbocycles. The summed E-state index contributed by atoms with van der Waals surface area (Å²) < 4.78 is 23.6. The van der Waals surface area contributed by atoms with Gasteiger partial charge in [-0.25, -0.2) is 4.39 Å². The fourth-order valence-electron chi connectivity index (χ4n) is 7.73. The van der Waals surface area contributed by atoms with Crippen molar-refractivity contribution in [3.63, 3.8) is 0 Å². The Morgan fingerprint density at radius 1 is 1.07 bits per heavy atom.